The van der Waals surface area contributed by atoms with Crippen LogP contribution in [0.2, 0.25) is 0 Å². The van der Waals surface area contributed by atoms with Crippen LogP contribution in [0.25, 0.3) is 11.1 Å². The van der Waals surface area contributed by atoms with Gasteiger partial charge in [-0.05, 0) is 49.0 Å². The second-order valence-electron chi connectivity index (χ2n) is 5.13. The molecule has 0 atom stereocenters. The lowest BCUT2D eigenvalue weighted by atomic mass is 10.1. The maximum Gasteiger partial charge on any atom is 0.147 e. The van der Waals surface area contributed by atoms with E-state index in [0.29, 0.717) is 11.9 Å². The van der Waals surface area contributed by atoms with E-state index in [1.807, 2.05) is 12.1 Å². The smallest absolute Gasteiger partial charge is 0.147 e. The van der Waals surface area contributed by atoms with Gasteiger partial charge in [0, 0.05) is 32.1 Å². The third kappa shape index (κ3) is 3.01. The first kappa shape index (κ1) is 14.3. The molecule has 3 heterocycles. The fourth-order valence-corrected chi connectivity index (χ4v) is 3.65. The topological polar surface area (TPSA) is 64.3 Å². The Morgan fingerprint density at radius 1 is 1.33 bits per heavy atom. The molecule has 0 unspecified atom stereocenters. The summed E-state index contributed by atoms with van der Waals surface area (Å²) >= 11 is 1.48. The highest BCUT2D eigenvalue weighted by molar-refractivity contribution is 7.11. The third-order valence-corrected chi connectivity index (χ3v) is 4.72. The highest BCUT2D eigenvalue weighted by Crippen LogP contribution is 2.40. The molecule has 2 aromatic heterocycles. The van der Waals surface area contributed by atoms with Crippen LogP contribution >= 0.6 is 11.5 Å². The summed E-state index contributed by atoms with van der Waals surface area (Å²) in [7, 11) is 0. The van der Waals surface area contributed by atoms with Gasteiger partial charge >= 0.3 is 0 Å². The zero-order valence-electron chi connectivity index (χ0n) is 12.2. The van der Waals surface area contributed by atoms with Crippen molar-refractivity contribution in [1.82, 2.24) is 9.36 Å². The standard InChI is InChI=1S/C15H20N4OS/c1-2-20-12-5-9-19(10-6-12)15-13(14(16)18-21-15)11-3-7-17-8-4-11/h3-4,7-8,12H,2,5-6,9-10H2,1H3,(H2,16,18). The predicted octanol–water partition coefficient (Wildman–Crippen LogP) is 2.79. The lowest BCUT2D eigenvalue weighted by Crippen LogP contribution is -2.36. The predicted molar refractivity (Wildman–Crippen MR) is 86.6 cm³/mol. The minimum atomic E-state index is 0.390. The molecule has 21 heavy (non-hydrogen) atoms. The van der Waals surface area contributed by atoms with Gasteiger partial charge < -0.3 is 15.4 Å². The van der Waals surface area contributed by atoms with E-state index in [1.165, 1.54) is 11.5 Å². The number of pyridine rings is 1. The average Bonchev–Trinajstić information content (AvgIpc) is 2.91. The van der Waals surface area contributed by atoms with E-state index in [-0.39, 0.29) is 0 Å². The van der Waals surface area contributed by atoms with Crippen molar-refractivity contribution in [3.8, 4) is 11.1 Å². The van der Waals surface area contributed by atoms with E-state index >= 15 is 0 Å². The van der Waals surface area contributed by atoms with Crippen molar-refractivity contribution >= 4 is 22.4 Å². The van der Waals surface area contributed by atoms with Gasteiger partial charge in [0.25, 0.3) is 0 Å². The Balaban J connectivity index is 1.81. The molecule has 1 aliphatic rings. The fraction of sp³-hybridized carbons (Fsp3) is 0.467. The monoisotopic (exact) mass is 304 g/mol. The van der Waals surface area contributed by atoms with Gasteiger partial charge in [-0.1, -0.05) is 0 Å². The van der Waals surface area contributed by atoms with Crippen LogP contribution in [-0.4, -0.2) is 35.2 Å². The fourth-order valence-electron chi connectivity index (χ4n) is 2.76. The highest BCUT2D eigenvalue weighted by atomic mass is 32.1. The number of piperidine rings is 1. The quantitative estimate of drug-likeness (QED) is 0.941. The number of nitrogen functional groups attached to an aromatic ring is 1. The van der Waals surface area contributed by atoms with Gasteiger partial charge in [-0.3, -0.25) is 4.98 Å². The zero-order chi connectivity index (χ0) is 14.7. The van der Waals surface area contributed by atoms with E-state index in [9.17, 15) is 0 Å². The minimum absolute atomic E-state index is 0.390. The third-order valence-electron chi connectivity index (χ3n) is 3.80. The van der Waals surface area contributed by atoms with Crippen molar-refractivity contribution in [2.45, 2.75) is 25.9 Å². The van der Waals surface area contributed by atoms with E-state index in [2.05, 4.69) is 21.2 Å². The molecule has 0 aromatic carbocycles. The molecule has 0 aliphatic carbocycles. The Bertz CT molecular complexity index is 579. The summed E-state index contributed by atoms with van der Waals surface area (Å²) in [5, 5.41) is 1.16. The Labute approximate surface area is 128 Å². The summed E-state index contributed by atoms with van der Waals surface area (Å²) < 4.78 is 10.1. The van der Waals surface area contributed by atoms with Crippen LogP contribution in [0.3, 0.4) is 0 Å². The molecule has 112 valence electrons. The summed E-state index contributed by atoms with van der Waals surface area (Å²) in [6, 6.07) is 3.97. The van der Waals surface area contributed by atoms with E-state index < -0.39 is 0 Å². The van der Waals surface area contributed by atoms with Crippen LogP contribution < -0.4 is 10.6 Å². The number of rotatable bonds is 4. The van der Waals surface area contributed by atoms with Gasteiger partial charge in [0.15, 0.2) is 0 Å². The van der Waals surface area contributed by atoms with Crippen LogP contribution in [0, 0.1) is 0 Å². The summed E-state index contributed by atoms with van der Waals surface area (Å²) in [6.07, 6.45) is 6.08. The lowest BCUT2D eigenvalue weighted by molar-refractivity contribution is 0.0460. The molecule has 5 nitrogen and oxygen atoms in total. The Morgan fingerprint density at radius 2 is 2.05 bits per heavy atom. The van der Waals surface area contributed by atoms with E-state index in [4.69, 9.17) is 10.5 Å². The van der Waals surface area contributed by atoms with Crippen LogP contribution in [0.15, 0.2) is 24.5 Å². The molecule has 0 amide bonds. The number of nitrogens with zero attached hydrogens (tertiary/aromatic N) is 3. The molecular formula is C15H20N4OS. The Kier molecular flexibility index (Phi) is 4.36. The van der Waals surface area contributed by atoms with Gasteiger partial charge in [0.1, 0.15) is 10.8 Å². The lowest BCUT2D eigenvalue weighted by Gasteiger charge is -2.32. The summed E-state index contributed by atoms with van der Waals surface area (Å²) in [5.74, 6) is 0.605. The molecular weight excluding hydrogens is 284 g/mol. The van der Waals surface area contributed by atoms with Gasteiger partial charge in [-0.2, -0.15) is 4.37 Å². The van der Waals surface area contributed by atoms with Crippen molar-refractivity contribution in [2.75, 3.05) is 30.3 Å². The first-order valence-electron chi connectivity index (χ1n) is 7.31. The maximum atomic E-state index is 6.08. The van der Waals surface area contributed by atoms with Crippen LogP contribution in [-0.2, 0) is 4.74 Å². The highest BCUT2D eigenvalue weighted by Gasteiger charge is 2.24. The van der Waals surface area contributed by atoms with Crippen molar-refractivity contribution in [2.24, 2.45) is 0 Å². The van der Waals surface area contributed by atoms with Gasteiger partial charge in [0.05, 0.1) is 11.7 Å². The van der Waals surface area contributed by atoms with Crippen molar-refractivity contribution in [1.29, 1.82) is 0 Å². The normalized spacial score (nSPS) is 16.3. The summed E-state index contributed by atoms with van der Waals surface area (Å²) in [5.41, 5.74) is 8.20. The van der Waals surface area contributed by atoms with Gasteiger partial charge in [-0.15, -0.1) is 0 Å². The molecule has 1 aliphatic heterocycles. The Hall–Kier alpha value is -1.66. The van der Waals surface area contributed by atoms with Crippen LogP contribution in [0.1, 0.15) is 19.8 Å². The molecule has 2 aromatic rings. The second kappa shape index (κ2) is 6.41. The van der Waals surface area contributed by atoms with E-state index in [1.54, 1.807) is 12.4 Å². The van der Waals surface area contributed by atoms with Crippen molar-refractivity contribution in [3.63, 3.8) is 0 Å². The number of ether oxygens (including phenoxy) is 1. The molecule has 1 fully saturated rings. The minimum Gasteiger partial charge on any atom is -0.382 e. The molecule has 0 radical (unpaired) electrons. The molecule has 2 N–H and O–H groups in total. The van der Waals surface area contributed by atoms with Crippen LogP contribution in [0.5, 0.6) is 0 Å². The first-order chi connectivity index (χ1) is 10.3. The summed E-state index contributed by atoms with van der Waals surface area (Å²) in [4.78, 5) is 6.44. The molecule has 6 heteroatoms. The number of aromatic nitrogens is 2. The number of anilines is 2. The van der Waals surface area contributed by atoms with Crippen LogP contribution in [0.4, 0.5) is 10.8 Å². The summed E-state index contributed by atoms with van der Waals surface area (Å²) in [6.45, 7) is 4.83. The molecule has 0 bridgehead atoms. The number of hydrogen-bond donors (Lipinski definition) is 1. The maximum absolute atomic E-state index is 6.08. The molecule has 3 rings (SSSR count). The van der Waals surface area contributed by atoms with Crippen molar-refractivity contribution in [3.05, 3.63) is 24.5 Å². The molecule has 0 saturated carbocycles. The molecule has 1 saturated heterocycles. The van der Waals surface area contributed by atoms with Crippen molar-refractivity contribution < 1.29 is 4.74 Å². The number of hydrogen-bond acceptors (Lipinski definition) is 6. The second-order valence-corrected chi connectivity index (χ2v) is 5.88. The average molecular weight is 304 g/mol. The SMILES string of the molecule is CCOC1CCN(c2snc(N)c2-c2ccncc2)CC1. The van der Waals surface area contributed by atoms with E-state index in [0.717, 1.165) is 48.7 Å². The molecule has 0 spiro atoms. The largest absolute Gasteiger partial charge is 0.382 e. The number of nitrogens with two attached hydrogens (primary N) is 1. The van der Waals surface area contributed by atoms with Gasteiger partial charge in [-0.25, -0.2) is 0 Å². The Morgan fingerprint density at radius 3 is 2.71 bits per heavy atom. The van der Waals surface area contributed by atoms with Gasteiger partial charge in [0.2, 0.25) is 0 Å². The first-order valence-corrected chi connectivity index (χ1v) is 8.09. The zero-order valence-corrected chi connectivity index (χ0v) is 13.0.